The van der Waals surface area contributed by atoms with Crippen LogP contribution < -0.4 is 0 Å². The molecule has 5 rings (SSSR count). The Morgan fingerprint density at radius 2 is 1.67 bits per heavy atom. The van der Waals surface area contributed by atoms with Crippen molar-refractivity contribution in [2.75, 3.05) is 19.6 Å². The van der Waals surface area contributed by atoms with Gasteiger partial charge in [-0.2, -0.15) is 0 Å². The second-order valence-corrected chi connectivity index (χ2v) is 9.63. The van der Waals surface area contributed by atoms with Gasteiger partial charge in [-0.3, -0.25) is 14.6 Å². The molecule has 0 atom stereocenters. The van der Waals surface area contributed by atoms with E-state index in [1.165, 1.54) is 21.5 Å². The number of para-hydroxylation sites is 1. The van der Waals surface area contributed by atoms with Crippen molar-refractivity contribution < 1.29 is 9.59 Å². The first-order valence-electron chi connectivity index (χ1n) is 12.0. The Morgan fingerprint density at radius 1 is 0.970 bits per heavy atom. The predicted molar refractivity (Wildman–Crippen MR) is 130 cm³/mol. The second-order valence-electron chi connectivity index (χ2n) is 9.63. The Bertz CT molecular complexity index is 1110. The molecule has 0 unspecified atom stereocenters. The van der Waals surface area contributed by atoms with Crippen molar-refractivity contribution in [2.24, 2.45) is 0 Å². The third-order valence-electron chi connectivity index (χ3n) is 7.22. The maximum atomic E-state index is 13.6. The van der Waals surface area contributed by atoms with E-state index in [2.05, 4.69) is 46.3 Å². The maximum absolute atomic E-state index is 13.6. The second kappa shape index (κ2) is 8.67. The summed E-state index contributed by atoms with van der Waals surface area (Å²) in [5.41, 5.74) is 2.81. The topological polar surface area (TPSA) is 59.7 Å². The number of aromatic nitrogens is 1. The first kappa shape index (κ1) is 21.7. The van der Waals surface area contributed by atoms with Crippen molar-refractivity contribution in [1.29, 1.82) is 0 Å². The van der Waals surface area contributed by atoms with E-state index in [-0.39, 0.29) is 18.0 Å². The van der Waals surface area contributed by atoms with E-state index in [0.29, 0.717) is 19.4 Å². The lowest BCUT2D eigenvalue weighted by Gasteiger charge is -2.42. The molecule has 0 saturated carbocycles. The molecule has 6 heteroatoms. The van der Waals surface area contributed by atoms with Gasteiger partial charge in [0.2, 0.25) is 0 Å². The monoisotopic (exact) mass is 444 g/mol. The Balaban J connectivity index is 1.32. The Morgan fingerprint density at radius 3 is 2.36 bits per heavy atom. The summed E-state index contributed by atoms with van der Waals surface area (Å²) in [7, 11) is 0. The summed E-state index contributed by atoms with van der Waals surface area (Å²) in [5, 5.41) is 1.22. The number of carbonyl (C=O) groups excluding carboxylic acids is 2. The highest BCUT2D eigenvalue weighted by Gasteiger charge is 2.58. The molecule has 3 heterocycles. The average Bonchev–Trinajstić information content (AvgIpc) is 3.31. The lowest BCUT2D eigenvalue weighted by molar-refractivity contribution is -0.136. The number of hydrogen-bond donors (Lipinski definition) is 1. The molecule has 2 fully saturated rings. The summed E-state index contributed by atoms with van der Waals surface area (Å²) in [6.45, 7) is 6.83. The van der Waals surface area contributed by atoms with Crippen molar-refractivity contribution in [3.63, 3.8) is 0 Å². The first-order chi connectivity index (χ1) is 16.0. The Kier molecular flexibility index (Phi) is 5.71. The fourth-order valence-corrected chi connectivity index (χ4v) is 5.41. The van der Waals surface area contributed by atoms with Gasteiger partial charge >= 0.3 is 6.03 Å². The lowest BCUT2D eigenvalue weighted by Crippen LogP contribution is -2.56. The van der Waals surface area contributed by atoms with Gasteiger partial charge in [-0.15, -0.1) is 0 Å². The lowest BCUT2D eigenvalue weighted by atomic mass is 9.85. The van der Waals surface area contributed by atoms with E-state index in [0.717, 1.165) is 31.6 Å². The first-order valence-corrected chi connectivity index (χ1v) is 12.0. The molecule has 2 aliphatic heterocycles. The van der Waals surface area contributed by atoms with Crippen molar-refractivity contribution in [1.82, 2.24) is 19.7 Å². The third kappa shape index (κ3) is 3.93. The summed E-state index contributed by atoms with van der Waals surface area (Å²) in [6.07, 6.45) is 2.11. The molecule has 1 aromatic heterocycles. The van der Waals surface area contributed by atoms with Gasteiger partial charge in [-0.25, -0.2) is 4.79 Å². The van der Waals surface area contributed by atoms with Crippen molar-refractivity contribution >= 4 is 22.8 Å². The van der Waals surface area contributed by atoms with E-state index in [1.807, 2.05) is 43.0 Å². The average molecular weight is 445 g/mol. The van der Waals surface area contributed by atoms with Gasteiger partial charge in [-0.05, 0) is 56.2 Å². The number of nitrogens with zero attached hydrogens (tertiary/aromatic N) is 3. The zero-order valence-electron chi connectivity index (χ0n) is 19.5. The van der Waals surface area contributed by atoms with Crippen molar-refractivity contribution in [2.45, 2.75) is 51.2 Å². The van der Waals surface area contributed by atoms with Gasteiger partial charge < -0.3 is 9.88 Å². The number of imide groups is 1. The van der Waals surface area contributed by atoms with Crippen LogP contribution in [-0.2, 0) is 17.8 Å². The van der Waals surface area contributed by atoms with Crippen LogP contribution in [0.4, 0.5) is 4.79 Å². The van der Waals surface area contributed by atoms with E-state index in [9.17, 15) is 9.59 Å². The number of urea groups is 1. The molecule has 33 heavy (non-hydrogen) atoms. The highest BCUT2D eigenvalue weighted by Crippen LogP contribution is 2.38. The summed E-state index contributed by atoms with van der Waals surface area (Å²) in [6, 6.07) is 20.5. The van der Waals surface area contributed by atoms with Crippen LogP contribution in [0.3, 0.4) is 0 Å². The number of piperidine rings is 1. The van der Waals surface area contributed by atoms with Crippen LogP contribution in [0.2, 0.25) is 0 Å². The minimum absolute atomic E-state index is 0.0131. The molecule has 3 aromatic rings. The van der Waals surface area contributed by atoms with Crippen molar-refractivity contribution in [3.05, 3.63) is 71.9 Å². The van der Waals surface area contributed by atoms with Crippen LogP contribution in [0.1, 0.15) is 37.9 Å². The van der Waals surface area contributed by atoms with Crippen LogP contribution in [0.25, 0.3) is 10.9 Å². The zero-order chi connectivity index (χ0) is 23.0. The van der Waals surface area contributed by atoms with Gasteiger partial charge in [0, 0.05) is 43.4 Å². The zero-order valence-corrected chi connectivity index (χ0v) is 19.5. The highest BCUT2D eigenvalue weighted by molar-refractivity contribution is 6.07. The van der Waals surface area contributed by atoms with Crippen LogP contribution >= 0.6 is 0 Å². The molecule has 2 saturated heterocycles. The van der Waals surface area contributed by atoms with Crippen LogP contribution in [0, 0.1) is 0 Å². The number of nitrogens with one attached hydrogen (secondary N) is 1. The molecule has 6 nitrogen and oxygen atoms in total. The number of likely N-dealkylation sites (tertiary alicyclic amines) is 1. The standard InChI is InChI=1S/C27H32N4O2/c1-20(2)31-25(32)27(30(26(31)33)15-12-21-8-4-3-5-9-21)13-16-29(17-14-27)19-23-18-22-10-6-7-11-24(22)28-23/h3-11,18,20,28H,12-17,19H2,1-2H3. The highest BCUT2D eigenvalue weighted by atomic mass is 16.2. The summed E-state index contributed by atoms with van der Waals surface area (Å²) in [5.74, 6) is -0.0131. The summed E-state index contributed by atoms with van der Waals surface area (Å²) >= 11 is 0. The number of carbonyl (C=O) groups is 2. The molecule has 172 valence electrons. The van der Waals surface area contributed by atoms with E-state index >= 15 is 0 Å². The van der Waals surface area contributed by atoms with Crippen molar-refractivity contribution in [3.8, 4) is 0 Å². The molecule has 0 aliphatic carbocycles. The minimum Gasteiger partial charge on any atom is -0.357 e. The minimum atomic E-state index is -0.715. The molecular formula is C27H32N4O2. The van der Waals surface area contributed by atoms with E-state index in [4.69, 9.17) is 0 Å². The van der Waals surface area contributed by atoms with Crippen LogP contribution in [-0.4, -0.2) is 62.8 Å². The fraction of sp³-hybridized carbons (Fsp3) is 0.407. The SMILES string of the molecule is CC(C)N1C(=O)N(CCc2ccccc2)C2(CCN(Cc3cc4ccccc4[nH]3)CC2)C1=O. The van der Waals surface area contributed by atoms with Crippen LogP contribution in [0.15, 0.2) is 60.7 Å². The molecule has 2 aromatic carbocycles. The van der Waals surface area contributed by atoms with E-state index < -0.39 is 5.54 Å². The summed E-state index contributed by atoms with van der Waals surface area (Å²) < 4.78 is 0. The number of H-pyrrole nitrogens is 1. The smallest absolute Gasteiger partial charge is 0.327 e. The number of amides is 3. The van der Waals surface area contributed by atoms with Gasteiger partial charge in [0.15, 0.2) is 0 Å². The van der Waals surface area contributed by atoms with Gasteiger partial charge in [-0.1, -0.05) is 48.5 Å². The molecular weight excluding hydrogens is 412 g/mol. The molecule has 0 radical (unpaired) electrons. The van der Waals surface area contributed by atoms with Gasteiger partial charge in [0.1, 0.15) is 5.54 Å². The Labute approximate surface area is 195 Å². The summed E-state index contributed by atoms with van der Waals surface area (Å²) in [4.78, 5) is 36.2. The number of hydrogen-bond acceptors (Lipinski definition) is 3. The third-order valence-corrected chi connectivity index (χ3v) is 7.22. The number of fused-ring (bicyclic) bond motifs is 1. The predicted octanol–water partition coefficient (Wildman–Crippen LogP) is 4.42. The molecule has 0 bridgehead atoms. The molecule has 2 aliphatic rings. The Hall–Kier alpha value is -3.12. The number of rotatable bonds is 6. The number of benzene rings is 2. The quantitative estimate of drug-likeness (QED) is 0.573. The van der Waals surface area contributed by atoms with Crippen LogP contribution in [0.5, 0.6) is 0 Å². The molecule has 3 amide bonds. The largest absolute Gasteiger partial charge is 0.357 e. The van der Waals surface area contributed by atoms with Gasteiger partial charge in [0.25, 0.3) is 5.91 Å². The fourth-order valence-electron chi connectivity index (χ4n) is 5.41. The van der Waals surface area contributed by atoms with Gasteiger partial charge in [0.05, 0.1) is 0 Å². The molecule has 1 N–H and O–H groups in total. The number of aromatic amines is 1. The normalized spacial score (nSPS) is 18.9. The van der Waals surface area contributed by atoms with E-state index in [1.54, 1.807) is 0 Å². The maximum Gasteiger partial charge on any atom is 0.327 e. The molecule has 1 spiro atoms.